The largest absolute Gasteiger partial charge is 0.354 e. The minimum Gasteiger partial charge on any atom is -0.354 e. The second-order valence-corrected chi connectivity index (χ2v) is 13.6. The molecule has 11 heteroatoms. The van der Waals surface area contributed by atoms with Crippen molar-refractivity contribution < 1.29 is 18.0 Å². The van der Waals surface area contributed by atoms with Crippen LogP contribution in [0.5, 0.6) is 0 Å². The van der Waals surface area contributed by atoms with Crippen molar-refractivity contribution in [1.29, 1.82) is 0 Å². The number of carbonyl (C=O) groups is 2. The second kappa shape index (κ2) is 15.6. The van der Waals surface area contributed by atoms with Gasteiger partial charge in [0.2, 0.25) is 11.8 Å². The van der Waals surface area contributed by atoms with Crippen molar-refractivity contribution in [3.63, 3.8) is 0 Å². The number of hydrogen-bond acceptors (Lipinski definition) is 4. The average molecular weight is 687 g/mol. The van der Waals surface area contributed by atoms with Gasteiger partial charge in [-0.05, 0) is 66.4 Å². The third-order valence-corrected chi connectivity index (χ3v) is 10.1. The predicted molar refractivity (Wildman–Crippen MR) is 181 cm³/mol. The van der Waals surface area contributed by atoms with Crippen LogP contribution in [0.1, 0.15) is 30.0 Å². The first-order chi connectivity index (χ1) is 21.5. The van der Waals surface area contributed by atoms with Crippen molar-refractivity contribution >= 4 is 62.3 Å². The number of halogens is 3. The van der Waals surface area contributed by atoms with Gasteiger partial charge in [0.15, 0.2) is 0 Å². The zero-order valence-corrected chi connectivity index (χ0v) is 28.0. The molecule has 0 fully saturated rings. The summed E-state index contributed by atoms with van der Waals surface area (Å²) < 4.78 is 29.3. The summed E-state index contributed by atoms with van der Waals surface area (Å²) >= 11 is 19.1. The lowest BCUT2D eigenvalue weighted by Crippen LogP contribution is -2.53. The summed E-state index contributed by atoms with van der Waals surface area (Å²) in [5, 5.41) is 3.99. The maximum absolute atomic E-state index is 14.5. The van der Waals surface area contributed by atoms with Crippen molar-refractivity contribution in [2.75, 3.05) is 17.4 Å². The van der Waals surface area contributed by atoms with Crippen LogP contribution in [0.4, 0.5) is 5.69 Å². The topological polar surface area (TPSA) is 86.8 Å². The molecule has 0 aliphatic heterocycles. The van der Waals surface area contributed by atoms with E-state index in [1.807, 2.05) is 37.3 Å². The van der Waals surface area contributed by atoms with E-state index in [0.717, 1.165) is 9.87 Å². The average Bonchev–Trinajstić information content (AvgIpc) is 3.03. The molecule has 4 aromatic rings. The van der Waals surface area contributed by atoms with E-state index in [2.05, 4.69) is 5.32 Å². The molecule has 2 amide bonds. The van der Waals surface area contributed by atoms with Crippen LogP contribution in [0, 0.1) is 6.92 Å². The third kappa shape index (κ3) is 8.58. The number of benzene rings is 4. The number of carbonyl (C=O) groups excluding carboxylic acids is 2. The van der Waals surface area contributed by atoms with E-state index >= 15 is 0 Å². The Bertz CT molecular complexity index is 1740. The highest BCUT2D eigenvalue weighted by Crippen LogP contribution is 2.32. The lowest BCUT2D eigenvalue weighted by atomic mass is 10.0. The van der Waals surface area contributed by atoms with Crippen molar-refractivity contribution in [3.8, 4) is 0 Å². The molecular weight excluding hydrogens is 653 g/mol. The molecule has 236 valence electrons. The van der Waals surface area contributed by atoms with Gasteiger partial charge in [-0.2, -0.15) is 0 Å². The Balaban J connectivity index is 1.84. The van der Waals surface area contributed by atoms with Gasteiger partial charge in [0, 0.05) is 34.6 Å². The fraction of sp³-hybridized carbons (Fsp3) is 0.235. The molecule has 0 saturated heterocycles. The normalized spacial score (nSPS) is 11.9. The number of sulfonamides is 1. The van der Waals surface area contributed by atoms with Crippen molar-refractivity contribution in [3.05, 3.63) is 129 Å². The SMILES string of the molecule is CCCNC(=O)C(Cc1ccccc1)N(Cc1ccc(Cl)cc1Cl)C(=O)CN(c1cccc(Cl)c1C)S(=O)(=O)c1ccccc1. The predicted octanol–water partition coefficient (Wildman–Crippen LogP) is 7.32. The molecule has 1 unspecified atom stereocenters. The van der Waals surface area contributed by atoms with Gasteiger partial charge in [-0.25, -0.2) is 8.42 Å². The monoisotopic (exact) mass is 685 g/mol. The fourth-order valence-electron chi connectivity index (χ4n) is 4.85. The van der Waals surface area contributed by atoms with Gasteiger partial charge >= 0.3 is 0 Å². The fourth-order valence-corrected chi connectivity index (χ4v) is 6.98. The van der Waals surface area contributed by atoms with Gasteiger partial charge in [0.25, 0.3) is 10.0 Å². The summed E-state index contributed by atoms with van der Waals surface area (Å²) in [4.78, 5) is 29.7. The highest BCUT2D eigenvalue weighted by atomic mass is 35.5. The molecule has 4 aromatic carbocycles. The molecule has 1 N–H and O–H groups in total. The Morgan fingerprint density at radius 2 is 1.51 bits per heavy atom. The van der Waals surface area contributed by atoms with E-state index in [-0.39, 0.29) is 29.5 Å². The smallest absolute Gasteiger partial charge is 0.264 e. The van der Waals surface area contributed by atoms with Crippen LogP contribution in [0.3, 0.4) is 0 Å². The Kier molecular flexibility index (Phi) is 11.9. The molecule has 0 aliphatic rings. The van der Waals surface area contributed by atoms with Crippen LogP contribution in [-0.2, 0) is 32.6 Å². The Hall–Kier alpha value is -3.56. The van der Waals surface area contributed by atoms with Gasteiger partial charge in [-0.1, -0.05) is 102 Å². The van der Waals surface area contributed by atoms with Gasteiger partial charge < -0.3 is 10.2 Å². The highest BCUT2D eigenvalue weighted by Gasteiger charge is 2.35. The van der Waals surface area contributed by atoms with Crippen LogP contribution in [0.25, 0.3) is 0 Å². The summed E-state index contributed by atoms with van der Waals surface area (Å²) in [7, 11) is -4.24. The quantitative estimate of drug-likeness (QED) is 0.160. The lowest BCUT2D eigenvalue weighted by Gasteiger charge is -2.34. The van der Waals surface area contributed by atoms with E-state index in [4.69, 9.17) is 34.8 Å². The minimum absolute atomic E-state index is 0.00555. The van der Waals surface area contributed by atoms with Crippen LogP contribution in [0.15, 0.2) is 102 Å². The summed E-state index contributed by atoms with van der Waals surface area (Å²) in [6.07, 6.45) is 0.882. The number of rotatable bonds is 13. The van der Waals surface area contributed by atoms with Crippen molar-refractivity contribution in [1.82, 2.24) is 10.2 Å². The second-order valence-electron chi connectivity index (χ2n) is 10.5. The number of nitrogens with one attached hydrogen (secondary N) is 1. The van der Waals surface area contributed by atoms with Crippen LogP contribution in [-0.4, -0.2) is 44.3 Å². The van der Waals surface area contributed by atoms with Crippen molar-refractivity contribution in [2.24, 2.45) is 0 Å². The van der Waals surface area contributed by atoms with E-state index in [1.54, 1.807) is 61.5 Å². The molecule has 45 heavy (non-hydrogen) atoms. The molecule has 0 spiro atoms. The zero-order valence-electron chi connectivity index (χ0n) is 24.9. The number of amides is 2. The van der Waals surface area contributed by atoms with Crippen LogP contribution >= 0.6 is 34.8 Å². The van der Waals surface area contributed by atoms with E-state index in [1.165, 1.54) is 17.0 Å². The molecule has 0 heterocycles. The third-order valence-electron chi connectivity index (χ3n) is 7.29. The summed E-state index contributed by atoms with van der Waals surface area (Å²) in [5.41, 5.74) is 2.11. The van der Waals surface area contributed by atoms with Crippen LogP contribution < -0.4 is 9.62 Å². The maximum Gasteiger partial charge on any atom is 0.264 e. The minimum atomic E-state index is -4.24. The zero-order chi connectivity index (χ0) is 32.6. The number of nitrogens with zero attached hydrogens (tertiary/aromatic N) is 2. The van der Waals surface area contributed by atoms with Gasteiger partial charge in [0.05, 0.1) is 10.6 Å². The first kappa shape index (κ1) is 34.3. The van der Waals surface area contributed by atoms with E-state index in [9.17, 15) is 18.0 Å². The first-order valence-corrected chi connectivity index (χ1v) is 17.0. The Morgan fingerprint density at radius 3 is 2.16 bits per heavy atom. The standard InChI is InChI=1S/C34H34Cl3N3O4S/c1-3-19-38-34(42)32(20-25-11-6-4-7-12-25)39(22-26-17-18-27(35)21-30(26)37)33(41)23-40(31-16-10-15-29(36)24(31)2)45(43,44)28-13-8-5-9-14-28/h4-18,21,32H,3,19-20,22-23H2,1-2H3,(H,38,42). The summed E-state index contributed by atoms with van der Waals surface area (Å²) in [6.45, 7) is 3.36. The molecule has 1 atom stereocenters. The van der Waals surface area contributed by atoms with Crippen molar-refractivity contribution in [2.45, 2.75) is 44.2 Å². The maximum atomic E-state index is 14.5. The molecule has 0 saturated carbocycles. The molecular formula is C34H34Cl3N3O4S. The first-order valence-electron chi connectivity index (χ1n) is 14.4. The van der Waals surface area contributed by atoms with Crippen LogP contribution in [0.2, 0.25) is 15.1 Å². The summed E-state index contributed by atoms with van der Waals surface area (Å²) in [6, 6.07) is 26.0. The summed E-state index contributed by atoms with van der Waals surface area (Å²) in [5.74, 6) is -0.969. The Morgan fingerprint density at radius 1 is 0.844 bits per heavy atom. The van der Waals surface area contributed by atoms with E-state index in [0.29, 0.717) is 39.2 Å². The lowest BCUT2D eigenvalue weighted by molar-refractivity contribution is -0.140. The molecule has 0 aromatic heterocycles. The molecule has 0 bridgehead atoms. The molecule has 0 radical (unpaired) electrons. The molecule has 7 nitrogen and oxygen atoms in total. The van der Waals surface area contributed by atoms with E-state index < -0.39 is 28.5 Å². The van der Waals surface area contributed by atoms with Gasteiger partial charge in [-0.15, -0.1) is 0 Å². The highest BCUT2D eigenvalue weighted by molar-refractivity contribution is 7.92. The van der Waals surface area contributed by atoms with Gasteiger partial charge in [0.1, 0.15) is 12.6 Å². The Labute approximate surface area is 279 Å². The molecule has 0 aliphatic carbocycles. The molecule has 4 rings (SSSR count). The number of hydrogen-bond donors (Lipinski definition) is 1. The van der Waals surface area contributed by atoms with Gasteiger partial charge in [-0.3, -0.25) is 13.9 Å². The number of anilines is 1.